The van der Waals surface area contributed by atoms with Gasteiger partial charge in [0.25, 0.3) is 0 Å². The summed E-state index contributed by atoms with van der Waals surface area (Å²) in [4.78, 5) is 4.16. The molecule has 26 heavy (non-hydrogen) atoms. The molecule has 0 saturated carbocycles. The maximum atomic E-state index is 10.4. The van der Waals surface area contributed by atoms with Crippen LogP contribution in [0.5, 0.6) is 11.5 Å². The Kier molecular flexibility index (Phi) is 5.53. The van der Waals surface area contributed by atoms with E-state index in [1.807, 2.05) is 6.26 Å². The van der Waals surface area contributed by atoms with Gasteiger partial charge in [0.1, 0.15) is 17.1 Å². The summed E-state index contributed by atoms with van der Waals surface area (Å²) >= 11 is 2.53. The first kappa shape index (κ1) is 17.9. The third kappa shape index (κ3) is 4.03. The highest BCUT2D eigenvalue weighted by Gasteiger charge is 2.11. The van der Waals surface area contributed by atoms with Crippen molar-refractivity contribution in [3.63, 3.8) is 0 Å². The molecule has 0 spiro atoms. The van der Waals surface area contributed by atoms with Crippen molar-refractivity contribution < 1.29 is 9.84 Å². The molecular formula is C14H14N8O2S2. The fourth-order valence-corrected chi connectivity index (χ4v) is 2.89. The number of rotatable bonds is 6. The lowest BCUT2D eigenvalue weighted by atomic mass is 10.2. The lowest BCUT2D eigenvalue weighted by Crippen LogP contribution is -1.87. The number of aryl methyl sites for hydroxylation is 1. The topological polar surface area (TPSA) is 122 Å². The smallest absolute Gasteiger partial charge is 0.250 e. The van der Waals surface area contributed by atoms with Gasteiger partial charge in [-0.25, -0.2) is 4.68 Å². The van der Waals surface area contributed by atoms with E-state index in [1.54, 1.807) is 36.1 Å². The van der Waals surface area contributed by atoms with Gasteiger partial charge in [-0.2, -0.15) is 14.5 Å². The quantitative estimate of drug-likeness (QED) is 0.487. The van der Waals surface area contributed by atoms with E-state index < -0.39 is 0 Å². The summed E-state index contributed by atoms with van der Waals surface area (Å²) in [5, 5.41) is 31.6. The first-order valence-corrected chi connectivity index (χ1v) is 9.20. The molecule has 3 rings (SSSR count). The molecular weight excluding hydrogens is 376 g/mol. The number of phenols is 1. The molecule has 0 radical (unpaired) electrons. The highest BCUT2D eigenvalue weighted by atomic mass is 32.2. The minimum atomic E-state index is -0.171. The molecule has 0 bridgehead atoms. The SMILES string of the molecule is COc1cc(N=Nc2nc(SC)ns2)c(O)c(N=Nc2ccnn2C)c1. The van der Waals surface area contributed by atoms with Crippen molar-refractivity contribution >= 4 is 45.6 Å². The van der Waals surface area contributed by atoms with Crippen LogP contribution in [0, 0.1) is 0 Å². The summed E-state index contributed by atoms with van der Waals surface area (Å²) in [6.07, 6.45) is 3.47. The number of aromatic hydroxyl groups is 1. The molecule has 0 aliphatic heterocycles. The third-order valence-corrected chi connectivity index (χ3v) is 4.42. The van der Waals surface area contributed by atoms with Crippen molar-refractivity contribution in [3.05, 3.63) is 24.4 Å². The first-order valence-electron chi connectivity index (χ1n) is 7.21. The van der Waals surface area contributed by atoms with Gasteiger partial charge in [0.15, 0.2) is 11.6 Å². The van der Waals surface area contributed by atoms with Crippen LogP contribution in [-0.4, -0.2) is 37.6 Å². The number of azo groups is 2. The molecule has 0 atom stereocenters. The van der Waals surface area contributed by atoms with Crippen molar-refractivity contribution in [2.24, 2.45) is 27.5 Å². The highest BCUT2D eigenvalue weighted by molar-refractivity contribution is 7.98. The molecule has 1 N–H and O–H groups in total. The van der Waals surface area contributed by atoms with Crippen molar-refractivity contribution in [1.29, 1.82) is 0 Å². The average Bonchev–Trinajstić information content (AvgIpc) is 3.28. The summed E-state index contributed by atoms with van der Waals surface area (Å²) in [7, 11) is 3.25. The number of hydrogen-bond donors (Lipinski definition) is 1. The predicted molar refractivity (Wildman–Crippen MR) is 97.9 cm³/mol. The van der Waals surface area contributed by atoms with Crippen LogP contribution in [0.15, 0.2) is 50.0 Å². The Labute approximate surface area is 156 Å². The maximum absolute atomic E-state index is 10.4. The zero-order valence-corrected chi connectivity index (χ0v) is 15.7. The minimum absolute atomic E-state index is 0.171. The van der Waals surface area contributed by atoms with Crippen LogP contribution in [0.3, 0.4) is 0 Å². The molecule has 0 aliphatic carbocycles. The molecule has 12 heteroatoms. The Balaban J connectivity index is 1.92. The van der Waals surface area contributed by atoms with Gasteiger partial charge in [0.05, 0.1) is 13.3 Å². The molecule has 0 amide bonds. The largest absolute Gasteiger partial charge is 0.504 e. The normalized spacial score (nSPS) is 11.7. The molecule has 0 aliphatic rings. The molecule has 1 aromatic carbocycles. The molecule has 10 nitrogen and oxygen atoms in total. The van der Waals surface area contributed by atoms with Crippen molar-refractivity contribution in [1.82, 2.24) is 19.1 Å². The zero-order chi connectivity index (χ0) is 18.5. The van der Waals surface area contributed by atoms with Crippen LogP contribution >= 0.6 is 23.3 Å². The summed E-state index contributed by atoms with van der Waals surface area (Å²) in [5.74, 6) is 0.821. The van der Waals surface area contributed by atoms with Gasteiger partial charge in [-0.1, -0.05) is 11.8 Å². The standard InChI is InChI=1S/C14H14N8O2S2/c1-22-11(4-5-15-22)19-17-9-6-8(24-2)7-10(12(9)23)18-20-13-16-14(25-3)21-26-13/h4-7,23H,1-3H3. The van der Waals surface area contributed by atoms with Crippen LogP contribution in [0.25, 0.3) is 0 Å². The Morgan fingerprint density at radius 3 is 2.50 bits per heavy atom. The lowest BCUT2D eigenvalue weighted by Gasteiger charge is -2.05. The van der Waals surface area contributed by atoms with Crippen LogP contribution in [0.4, 0.5) is 22.3 Å². The summed E-state index contributed by atoms with van der Waals surface area (Å²) < 4.78 is 10.9. The molecule has 0 saturated heterocycles. The fraction of sp³-hybridized carbons (Fsp3) is 0.214. The molecule has 0 fully saturated rings. The van der Waals surface area contributed by atoms with Gasteiger partial charge in [-0.3, -0.25) is 0 Å². The lowest BCUT2D eigenvalue weighted by molar-refractivity contribution is 0.413. The monoisotopic (exact) mass is 390 g/mol. The number of benzene rings is 1. The van der Waals surface area contributed by atoms with Gasteiger partial charge in [0, 0.05) is 36.8 Å². The van der Waals surface area contributed by atoms with E-state index in [-0.39, 0.29) is 17.1 Å². The van der Waals surface area contributed by atoms with Crippen molar-refractivity contribution in [3.8, 4) is 11.5 Å². The van der Waals surface area contributed by atoms with E-state index in [1.165, 1.54) is 18.9 Å². The van der Waals surface area contributed by atoms with Crippen LogP contribution in [0.1, 0.15) is 0 Å². The highest BCUT2D eigenvalue weighted by Crippen LogP contribution is 2.41. The van der Waals surface area contributed by atoms with Gasteiger partial charge in [0.2, 0.25) is 10.3 Å². The number of ether oxygens (including phenoxy) is 1. The summed E-state index contributed by atoms with van der Waals surface area (Å²) in [6, 6.07) is 4.78. The maximum Gasteiger partial charge on any atom is 0.250 e. The van der Waals surface area contributed by atoms with Crippen molar-refractivity contribution in [2.45, 2.75) is 5.16 Å². The summed E-state index contributed by atoms with van der Waals surface area (Å²) in [5.41, 5.74) is 0.380. The Hall–Kier alpha value is -2.86. The third-order valence-electron chi connectivity index (χ3n) is 3.16. The second-order valence-electron chi connectivity index (χ2n) is 4.79. The number of thioether (sulfide) groups is 1. The number of hydrogen-bond acceptors (Lipinski definition) is 11. The van der Waals surface area contributed by atoms with E-state index >= 15 is 0 Å². The molecule has 0 unspecified atom stereocenters. The zero-order valence-electron chi connectivity index (χ0n) is 14.1. The number of methoxy groups -OCH3 is 1. The first-order chi connectivity index (χ1) is 12.6. The van der Waals surface area contributed by atoms with Crippen LogP contribution in [-0.2, 0) is 7.05 Å². The van der Waals surface area contributed by atoms with E-state index in [9.17, 15) is 5.11 Å². The van der Waals surface area contributed by atoms with Gasteiger partial charge in [-0.15, -0.1) is 20.5 Å². The predicted octanol–water partition coefficient (Wildman–Crippen LogP) is 4.54. The van der Waals surface area contributed by atoms with E-state index in [2.05, 4.69) is 34.9 Å². The van der Waals surface area contributed by atoms with Crippen molar-refractivity contribution in [2.75, 3.05) is 13.4 Å². The Bertz CT molecular complexity index is 966. The van der Waals surface area contributed by atoms with Crippen LogP contribution in [0.2, 0.25) is 0 Å². The van der Waals surface area contributed by atoms with Gasteiger partial charge >= 0.3 is 0 Å². The van der Waals surface area contributed by atoms with Gasteiger partial charge < -0.3 is 9.84 Å². The van der Waals surface area contributed by atoms with E-state index in [4.69, 9.17) is 4.74 Å². The van der Waals surface area contributed by atoms with E-state index in [0.29, 0.717) is 21.9 Å². The Morgan fingerprint density at radius 2 is 1.92 bits per heavy atom. The molecule has 134 valence electrons. The molecule has 2 heterocycles. The summed E-state index contributed by atoms with van der Waals surface area (Å²) in [6.45, 7) is 0. The fourth-order valence-electron chi connectivity index (χ4n) is 1.84. The Morgan fingerprint density at radius 1 is 1.19 bits per heavy atom. The molecule has 2 aromatic heterocycles. The van der Waals surface area contributed by atoms with Crippen LogP contribution < -0.4 is 4.74 Å². The van der Waals surface area contributed by atoms with Gasteiger partial charge in [-0.05, 0) is 6.26 Å². The van der Waals surface area contributed by atoms with E-state index in [0.717, 1.165) is 11.5 Å². The minimum Gasteiger partial charge on any atom is -0.504 e. The molecule has 3 aromatic rings. The second-order valence-corrected chi connectivity index (χ2v) is 6.29. The number of nitrogens with zero attached hydrogens (tertiary/aromatic N) is 8. The number of phenolic OH excluding ortho intramolecular Hbond substituents is 1. The number of aromatic nitrogens is 4. The second kappa shape index (κ2) is 8.01. The average molecular weight is 390 g/mol.